The summed E-state index contributed by atoms with van der Waals surface area (Å²) in [5.74, 6) is 0.538. The Morgan fingerprint density at radius 3 is 2.24 bits per heavy atom. The molecule has 5 aliphatic carbocycles. The van der Waals surface area contributed by atoms with E-state index >= 15 is 0 Å². The molecule has 8 atom stereocenters. The topological polar surface area (TPSA) is 105 Å². The van der Waals surface area contributed by atoms with Gasteiger partial charge >= 0.3 is 11.9 Å². The number of carbonyl (C=O) groups is 3. The van der Waals surface area contributed by atoms with Crippen LogP contribution in [0.4, 0.5) is 0 Å². The molecule has 0 aliphatic heterocycles. The van der Waals surface area contributed by atoms with Crippen LogP contribution in [0.25, 0.3) is 0 Å². The monoisotopic (exact) mass is 762 g/mol. The molecular weight excluding hydrogens is 696 g/mol. The zero-order valence-electron chi connectivity index (χ0n) is 34.8. The summed E-state index contributed by atoms with van der Waals surface area (Å²) in [6.45, 7) is 20.8. The summed E-state index contributed by atoms with van der Waals surface area (Å²) in [5, 5.41) is 13.5. The lowest BCUT2D eigenvalue weighted by Gasteiger charge is -2.72. The number of amides is 1. The summed E-state index contributed by atoms with van der Waals surface area (Å²) in [6.07, 6.45) is 10.7. The number of ether oxygens (including phenoxy) is 1. The van der Waals surface area contributed by atoms with Crippen LogP contribution in [0.1, 0.15) is 145 Å². The summed E-state index contributed by atoms with van der Waals surface area (Å²) in [5.41, 5.74) is 4.23. The van der Waals surface area contributed by atoms with E-state index in [4.69, 9.17) is 21.3 Å². The van der Waals surface area contributed by atoms with E-state index in [1.807, 2.05) is 31.3 Å². The molecule has 54 heavy (non-hydrogen) atoms. The quantitative estimate of drug-likeness (QED) is 0.140. The van der Waals surface area contributed by atoms with E-state index < -0.39 is 17.4 Å². The Hall–Kier alpha value is -2.67. The van der Waals surface area contributed by atoms with Gasteiger partial charge in [0.1, 0.15) is 6.10 Å². The number of benzene rings is 1. The first-order valence-corrected chi connectivity index (χ1v) is 21.2. The Kier molecular flexibility index (Phi) is 10.9. The summed E-state index contributed by atoms with van der Waals surface area (Å²) >= 11 is 6.09. The molecule has 2 N–H and O–H groups in total. The van der Waals surface area contributed by atoms with Crippen LogP contribution in [0.2, 0.25) is 5.02 Å². The highest BCUT2D eigenvalue weighted by Crippen LogP contribution is 2.77. The third-order valence-corrected chi connectivity index (χ3v) is 16.8. The second-order valence-corrected chi connectivity index (χ2v) is 20.7. The lowest BCUT2D eigenvalue weighted by atomic mass is 9.33. The number of halogens is 1. The van der Waals surface area contributed by atoms with E-state index in [1.54, 1.807) is 25.0 Å². The van der Waals surface area contributed by atoms with Crippen LogP contribution in [0.5, 0.6) is 0 Å². The Balaban J connectivity index is 1.25. The first kappa shape index (κ1) is 41.0. The summed E-state index contributed by atoms with van der Waals surface area (Å²) < 4.78 is 6.20. The number of nitrogens with zero attached hydrogens (tertiary/aromatic N) is 1. The minimum atomic E-state index is -1.15. The Bertz CT molecular complexity index is 1710. The SMILES string of the molecule is CN=C(CC(=O)NCc1ccc(Cl)cc1)C12CCC(C(C)C)=C1C1CCC3C4(C)CCC(OC(=O)CC(C)(C)C(=O)O)C(C)(C)C4CCC3(C)C1(C)CC2. The molecule has 6 rings (SSSR count). The van der Waals surface area contributed by atoms with Crippen molar-refractivity contribution >= 4 is 35.2 Å². The number of esters is 1. The number of hydrogen-bond acceptors (Lipinski definition) is 5. The van der Waals surface area contributed by atoms with Gasteiger partial charge < -0.3 is 15.2 Å². The maximum absolute atomic E-state index is 13.6. The van der Waals surface area contributed by atoms with Gasteiger partial charge in [-0.1, -0.05) is 83.3 Å². The highest BCUT2D eigenvalue weighted by Gasteiger charge is 2.70. The molecule has 1 amide bonds. The average Bonchev–Trinajstić information content (AvgIpc) is 3.49. The number of nitrogens with one attached hydrogen (secondary N) is 1. The van der Waals surface area contributed by atoms with Crippen molar-refractivity contribution in [1.29, 1.82) is 0 Å². The van der Waals surface area contributed by atoms with Crippen LogP contribution in [0.15, 0.2) is 40.4 Å². The van der Waals surface area contributed by atoms with Crippen LogP contribution in [0.3, 0.4) is 0 Å². The van der Waals surface area contributed by atoms with Gasteiger partial charge in [0.25, 0.3) is 0 Å². The van der Waals surface area contributed by atoms with Crippen LogP contribution in [-0.4, -0.2) is 41.8 Å². The first-order valence-electron chi connectivity index (χ1n) is 20.8. The molecule has 8 heteroatoms. The number of aliphatic carboxylic acids is 1. The number of fused-ring (bicyclic) bond motifs is 7. The summed E-state index contributed by atoms with van der Waals surface area (Å²) in [6, 6.07) is 7.65. The van der Waals surface area contributed by atoms with E-state index in [-0.39, 0.29) is 45.5 Å². The lowest BCUT2D eigenvalue weighted by Crippen LogP contribution is -2.66. The van der Waals surface area contributed by atoms with Crippen LogP contribution in [0, 0.1) is 56.2 Å². The molecule has 4 fully saturated rings. The van der Waals surface area contributed by atoms with Crippen molar-refractivity contribution in [2.75, 3.05) is 7.05 Å². The van der Waals surface area contributed by atoms with Crippen molar-refractivity contribution in [3.8, 4) is 0 Å². The normalized spacial score (nSPS) is 36.1. The zero-order chi connectivity index (χ0) is 39.6. The predicted molar refractivity (Wildman–Crippen MR) is 216 cm³/mol. The van der Waals surface area contributed by atoms with Crippen molar-refractivity contribution in [3.63, 3.8) is 0 Å². The van der Waals surface area contributed by atoms with Crippen molar-refractivity contribution in [2.45, 2.75) is 152 Å². The fourth-order valence-corrected chi connectivity index (χ4v) is 13.5. The number of aliphatic imine (C=N–C) groups is 1. The lowest BCUT2D eigenvalue weighted by molar-refractivity contribution is -0.232. The molecule has 5 aliphatic rings. The maximum atomic E-state index is 13.6. The van der Waals surface area contributed by atoms with Crippen molar-refractivity contribution in [3.05, 3.63) is 46.0 Å². The minimum absolute atomic E-state index is 0.0296. The number of allylic oxidation sites excluding steroid dienone is 2. The third kappa shape index (κ3) is 6.58. The molecule has 1 aromatic carbocycles. The van der Waals surface area contributed by atoms with Crippen molar-refractivity contribution < 1.29 is 24.2 Å². The highest BCUT2D eigenvalue weighted by atomic mass is 35.5. The van der Waals surface area contributed by atoms with E-state index in [0.29, 0.717) is 41.7 Å². The molecule has 0 bridgehead atoms. The van der Waals surface area contributed by atoms with Gasteiger partial charge in [-0.3, -0.25) is 19.4 Å². The molecule has 298 valence electrons. The largest absolute Gasteiger partial charge is 0.481 e. The van der Waals surface area contributed by atoms with Crippen molar-refractivity contribution in [2.24, 2.45) is 61.2 Å². The van der Waals surface area contributed by atoms with E-state index in [9.17, 15) is 19.5 Å². The number of carboxylic acids is 1. The zero-order valence-corrected chi connectivity index (χ0v) is 35.5. The van der Waals surface area contributed by atoms with Gasteiger partial charge in [0, 0.05) is 35.2 Å². The van der Waals surface area contributed by atoms with Crippen LogP contribution >= 0.6 is 11.6 Å². The van der Waals surface area contributed by atoms with Gasteiger partial charge in [-0.15, -0.1) is 0 Å². The summed E-state index contributed by atoms with van der Waals surface area (Å²) in [4.78, 5) is 43.5. The minimum Gasteiger partial charge on any atom is -0.481 e. The molecule has 0 spiro atoms. The smallest absolute Gasteiger partial charge is 0.309 e. The standard InChI is InChI=1S/C46H67ClN2O5/c1-28(2)31-17-22-46(35(48-10)25-37(50)49-27-29-11-13-30(47)14-12-29)24-23-44(8)32(39(31)46)15-16-34-43(7)20-19-36(54-38(51)26-41(3,4)40(52)53)42(5,6)33(43)18-21-45(34,44)9/h11-14,28,32-34,36H,15-27H2,1-10H3,(H,49,50)(H,52,53). The van der Waals surface area contributed by atoms with Gasteiger partial charge in [0.2, 0.25) is 5.91 Å². The van der Waals surface area contributed by atoms with Gasteiger partial charge in [0.15, 0.2) is 0 Å². The maximum Gasteiger partial charge on any atom is 0.309 e. The third-order valence-electron chi connectivity index (χ3n) is 16.6. The molecule has 1 aromatic rings. The molecule has 8 unspecified atom stereocenters. The number of carbonyl (C=O) groups excluding carboxylic acids is 2. The number of carboxylic acid groups (broad SMARTS) is 1. The number of rotatable bonds is 10. The molecule has 7 nitrogen and oxygen atoms in total. The fourth-order valence-electron chi connectivity index (χ4n) is 13.4. The second kappa shape index (κ2) is 14.4. The van der Waals surface area contributed by atoms with Crippen LogP contribution in [-0.2, 0) is 25.7 Å². The van der Waals surface area contributed by atoms with E-state index in [0.717, 1.165) is 69.1 Å². The molecule has 0 radical (unpaired) electrons. The second-order valence-electron chi connectivity index (χ2n) is 20.2. The fraction of sp³-hybridized carbons (Fsp3) is 0.739. The summed E-state index contributed by atoms with van der Waals surface area (Å²) in [7, 11) is 1.90. The highest BCUT2D eigenvalue weighted by molar-refractivity contribution is 6.30. The van der Waals surface area contributed by atoms with Crippen molar-refractivity contribution in [1.82, 2.24) is 5.32 Å². The van der Waals surface area contributed by atoms with Gasteiger partial charge in [0.05, 0.1) is 18.3 Å². The van der Waals surface area contributed by atoms with E-state index in [1.165, 1.54) is 6.42 Å². The molecular formula is C46H67ClN2O5. The van der Waals surface area contributed by atoms with Gasteiger partial charge in [-0.05, 0) is 136 Å². The molecule has 0 heterocycles. The molecule has 4 saturated carbocycles. The molecule has 0 saturated heterocycles. The first-order chi connectivity index (χ1) is 25.2. The van der Waals surface area contributed by atoms with Gasteiger partial charge in [-0.25, -0.2) is 0 Å². The average molecular weight is 764 g/mol. The Labute approximate surface area is 329 Å². The van der Waals surface area contributed by atoms with E-state index in [2.05, 4.69) is 53.8 Å². The number of hydrogen-bond donors (Lipinski definition) is 2. The van der Waals surface area contributed by atoms with Crippen LogP contribution < -0.4 is 5.32 Å². The Morgan fingerprint density at radius 2 is 1.61 bits per heavy atom. The van der Waals surface area contributed by atoms with Gasteiger partial charge in [-0.2, -0.15) is 0 Å². The Morgan fingerprint density at radius 1 is 0.926 bits per heavy atom. The predicted octanol–water partition coefficient (Wildman–Crippen LogP) is 10.6. The molecule has 0 aromatic heterocycles.